The molecule has 0 aromatic carbocycles. The maximum absolute atomic E-state index is 4.39. The van der Waals surface area contributed by atoms with E-state index in [4.69, 9.17) is 0 Å². The first kappa shape index (κ1) is 18.7. The van der Waals surface area contributed by atoms with Crippen molar-refractivity contribution in [2.45, 2.75) is 58.4 Å². The highest BCUT2D eigenvalue weighted by molar-refractivity contribution is 5.79. The summed E-state index contributed by atoms with van der Waals surface area (Å²) in [6.07, 6.45) is 9.75. The highest BCUT2D eigenvalue weighted by Gasteiger charge is 2.24. The molecule has 2 aromatic rings. The molecule has 0 bridgehead atoms. The van der Waals surface area contributed by atoms with Crippen LogP contribution in [0.5, 0.6) is 0 Å². The van der Waals surface area contributed by atoms with Gasteiger partial charge >= 0.3 is 0 Å². The van der Waals surface area contributed by atoms with E-state index in [1.165, 1.54) is 32.1 Å². The standard InChI is InChI=1S/C20H32N6/c1-15(17-9-5-4-6-10-17)16(2)23-20(21-3)22-13-12-19-25-24-18-11-7-8-14-26(18)19/h7-8,11,14-17H,4-6,9-10,12-13H2,1-3H3,(H2,21,22,23). The summed E-state index contributed by atoms with van der Waals surface area (Å²) in [5, 5.41) is 15.5. The van der Waals surface area contributed by atoms with Gasteiger partial charge in [-0.15, -0.1) is 10.2 Å². The van der Waals surface area contributed by atoms with E-state index in [0.29, 0.717) is 12.0 Å². The third-order valence-electron chi connectivity index (χ3n) is 5.80. The fourth-order valence-corrected chi connectivity index (χ4v) is 3.96. The zero-order valence-electron chi connectivity index (χ0n) is 16.3. The smallest absolute Gasteiger partial charge is 0.191 e. The second kappa shape index (κ2) is 9.01. The second-order valence-corrected chi connectivity index (χ2v) is 7.48. The molecule has 2 N–H and O–H groups in total. The Balaban J connectivity index is 1.48. The van der Waals surface area contributed by atoms with Crippen molar-refractivity contribution in [3.05, 3.63) is 30.2 Å². The van der Waals surface area contributed by atoms with Crippen LogP contribution in [-0.4, -0.2) is 40.2 Å². The van der Waals surface area contributed by atoms with Gasteiger partial charge < -0.3 is 10.6 Å². The van der Waals surface area contributed by atoms with Crippen LogP contribution in [0.2, 0.25) is 0 Å². The van der Waals surface area contributed by atoms with Crippen molar-refractivity contribution in [1.29, 1.82) is 0 Å². The van der Waals surface area contributed by atoms with Crippen LogP contribution < -0.4 is 10.6 Å². The Morgan fingerprint density at radius 2 is 2.04 bits per heavy atom. The molecule has 2 aromatic heterocycles. The summed E-state index contributed by atoms with van der Waals surface area (Å²) in [4.78, 5) is 4.39. The summed E-state index contributed by atoms with van der Waals surface area (Å²) in [7, 11) is 1.83. The van der Waals surface area contributed by atoms with Crippen LogP contribution in [0.15, 0.2) is 29.4 Å². The van der Waals surface area contributed by atoms with Gasteiger partial charge in [-0.25, -0.2) is 0 Å². The van der Waals surface area contributed by atoms with Gasteiger partial charge in [-0.2, -0.15) is 0 Å². The summed E-state index contributed by atoms with van der Waals surface area (Å²) in [5.74, 6) is 3.34. The number of hydrogen-bond donors (Lipinski definition) is 2. The molecule has 0 amide bonds. The van der Waals surface area contributed by atoms with E-state index >= 15 is 0 Å². The molecule has 26 heavy (non-hydrogen) atoms. The van der Waals surface area contributed by atoms with E-state index < -0.39 is 0 Å². The van der Waals surface area contributed by atoms with Crippen LogP contribution in [0.3, 0.4) is 0 Å². The maximum atomic E-state index is 4.39. The molecule has 0 spiro atoms. The average Bonchev–Trinajstić information content (AvgIpc) is 3.10. The Kier molecular flexibility index (Phi) is 6.47. The van der Waals surface area contributed by atoms with Crippen LogP contribution in [0, 0.1) is 11.8 Å². The molecule has 142 valence electrons. The van der Waals surface area contributed by atoms with Crippen molar-refractivity contribution < 1.29 is 0 Å². The van der Waals surface area contributed by atoms with Crippen molar-refractivity contribution in [3.8, 4) is 0 Å². The molecule has 0 radical (unpaired) electrons. The number of aromatic nitrogens is 3. The average molecular weight is 357 g/mol. The molecule has 2 atom stereocenters. The highest BCUT2D eigenvalue weighted by atomic mass is 15.2. The topological polar surface area (TPSA) is 66.6 Å². The zero-order valence-corrected chi connectivity index (χ0v) is 16.3. The third kappa shape index (κ3) is 4.54. The largest absolute Gasteiger partial charge is 0.356 e. The van der Waals surface area contributed by atoms with E-state index in [1.54, 1.807) is 0 Å². The molecule has 2 unspecified atom stereocenters. The summed E-state index contributed by atoms with van der Waals surface area (Å²) < 4.78 is 2.03. The van der Waals surface area contributed by atoms with Crippen LogP contribution in [0.25, 0.3) is 5.65 Å². The molecule has 2 heterocycles. The van der Waals surface area contributed by atoms with Gasteiger partial charge in [0.25, 0.3) is 0 Å². The second-order valence-electron chi connectivity index (χ2n) is 7.48. The van der Waals surface area contributed by atoms with E-state index in [-0.39, 0.29) is 0 Å². The molecular weight excluding hydrogens is 324 g/mol. The molecule has 6 heteroatoms. The Bertz CT molecular complexity index is 716. The first-order valence-corrected chi connectivity index (χ1v) is 9.95. The molecule has 1 saturated carbocycles. The summed E-state index contributed by atoms with van der Waals surface area (Å²) in [5.41, 5.74) is 0.889. The highest BCUT2D eigenvalue weighted by Crippen LogP contribution is 2.31. The van der Waals surface area contributed by atoms with Crippen molar-refractivity contribution in [2.75, 3.05) is 13.6 Å². The number of nitrogens with one attached hydrogen (secondary N) is 2. The van der Waals surface area contributed by atoms with Gasteiger partial charge in [0.15, 0.2) is 11.6 Å². The third-order valence-corrected chi connectivity index (χ3v) is 5.80. The molecule has 1 fully saturated rings. The maximum Gasteiger partial charge on any atom is 0.191 e. The van der Waals surface area contributed by atoms with Crippen molar-refractivity contribution in [1.82, 2.24) is 25.2 Å². The monoisotopic (exact) mass is 356 g/mol. The van der Waals surface area contributed by atoms with Gasteiger partial charge in [0.05, 0.1) is 0 Å². The van der Waals surface area contributed by atoms with Crippen molar-refractivity contribution in [2.24, 2.45) is 16.8 Å². The zero-order chi connectivity index (χ0) is 18.4. The van der Waals surface area contributed by atoms with E-state index in [1.807, 2.05) is 35.8 Å². The number of nitrogens with zero attached hydrogens (tertiary/aromatic N) is 4. The van der Waals surface area contributed by atoms with E-state index in [0.717, 1.165) is 36.3 Å². The van der Waals surface area contributed by atoms with Crippen LogP contribution in [0.4, 0.5) is 0 Å². The van der Waals surface area contributed by atoms with Gasteiger partial charge in [0.1, 0.15) is 5.82 Å². The Hall–Kier alpha value is -2.11. The number of hydrogen-bond acceptors (Lipinski definition) is 3. The van der Waals surface area contributed by atoms with Crippen LogP contribution in [-0.2, 0) is 6.42 Å². The number of fused-ring (bicyclic) bond motifs is 1. The van der Waals surface area contributed by atoms with Gasteiger partial charge in [-0.05, 0) is 30.9 Å². The molecule has 0 saturated heterocycles. The summed E-state index contributed by atoms with van der Waals surface area (Å²) in [6, 6.07) is 6.37. The minimum atomic E-state index is 0.415. The van der Waals surface area contributed by atoms with E-state index in [9.17, 15) is 0 Å². The minimum absolute atomic E-state index is 0.415. The SMILES string of the molecule is CN=C(NCCc1nnc2ccccn12)NC(C)C(C)C1CCCCC1. The van der Waals surface area contributed by atoms with Crippen molar-refractivity contribution >= 4 is 11.6 Å². The molecule has 1 aliphatic rings. The fourth-order valence-electron chi connectivity index (χ4n) is 3.96. The number of pyridine rings is 1. The summed E-state index contributed by atoms with van der Waals surface area (Å²) >= 11 is 0. The number of guanidine groups is 1. The van der Waals surface area contributed by atoms with Crippen LogP contribution in [0.1, 0.15) is 51.8 Å². The van der Waals surface area contributed by atoms with Gasteiger partial charge in [-0.3, -0.25) is 9.39 Å². The van der Waals surface area contributed by atoms with Gasteiger partial charge in [0, 0.05) is 32.3 Å². The lowest BCUT2D eigenvalue weighted by Crippen LogP contribution is -2.46. The lowest BCUT2D eigenvalue weighted by molar-refractivity contribution is 0.229. The van der Waals surface area contributed by atoms with Gasteiger partial charge in [0.2, 0.25) is 0 Å². The normalized spacial score (nSPS) is 18.7. The molecule has 3 rings (SSSR count). The van der Waals surface area contributed by atoms with Gasteiger partial charge in [-0.1, -0.05) is 45.1 Å². The van der Waals surface area contributed by atoms with Crippen LogP contribution >= 0.6 is 0 Å². The summed E-state index contributed by atoms with van der Waals surface area (Å²) in [6.45, 7) is 5.43. The molecule has 6 nitrogen and oxygen atoms in total. The lowest BCUT2D eigenvalue weighted by Gasteiger charge is -2.32. The van der Waals surface area contributed by atoms with E-state index in [2.05, 4.69) is 39.7 Å². The number of aliphatic imine (C=N–C) groups is 1. The van der Waals surface area contributed by atoms with Crippen molar-refractivity contribution in [3.63, 3.8) is 0 Å². The lowest BCUT2D eigenvalue weighted by atomic mass is 9.78. The molecule has 0 aliphatic heterocycles. The molecule has 1 aliphatic carbocycles. The number of rotatable bonds is 6. The quantitative estimate of drug-likeness (QED) is 0.617. The molecular formula is C20H32N6. The predicted octanol–water partition coefficient (Wildman–Crippen LogP) is 3.04. The Morgan fingerprint density at radius 1 is 1.23 bits per heavy atom. The first-order valence-electron chi connectivity index (χ1n) is 9.95. The minimum Gasteiger partial charge on any atom is -0.356 e. The Morgan fingerprint density at radius 3 is 2.81 bits per heavy atom. The first-order chi connectivity index (χ1) is 12.7. The fraction of sp³-hybridized carbons (Fsp3) is 0.650. The Labute approximate surface area is 156 Å². The predicted molar refractivity (Wildman–Crippen MR) is 106 cm³/mol.